The van der Waals surface area contributed by atoms with Gasteiger partial charge in [-0.1, -0.05) is 48.9 Å². The van der Waals surface area contributed by atoms with E-state index in [1.54, 1.807) is 0 Å². The van der Waals surface area contributed by atoms with E-state index in [1.807, 2.05) is 43.1 Å². The van der Waals surface area contributed by atoms with E-state index in [9.17, 15) is 4.79 Å². The zero-order valence-electron chi connectivity index (χ0n) is 20.9. The summed E-state index contributed by atoms with van der Waals surface area (Å²) in [6, 6.07) is 20.4. The number of benzene rings is 2. The standard InChI is InChI=1S/C28H35N5O/c1-6-29-25(34)28(17-10-18-28)21-13-15-22(16-14-21)33(5)26-30-23(20-11-8-7-9-12-20)19-24(31-26)32-27(2,3)4/h7-9,11-16,19H,6,10,17-18H2,1-5H3,(H,29,34)(H,30,31,32). The Morgan fingerprint density at radius 2 is 1.71 bits per heavy atom. The maximum atomic E-state index is 12.8. The maximum absolute atomic E-state index is 12.8. The number of anilines is 3. The minimum atomic E-state index is -0.388. The van der Waals surface area contributed by atoms with Gasteiger partial charge in [0.25, 0.3) is 0 Å². The molecule has 0 saturated heterocycles. The smallest absolute Gasteiger partial charge is 0.232 e. The molecule has 0 atom stereocenters. The molecule has 0 bridgehead atoms. The van der Waals surface area contributed by atoms with Crippen LogP contribution < -0.4 is 15.5 Å². The van der Waals surface area contributed by atoms with Crippen molar-refractivity contribution in [1.29, 1.82) is 0 Å². The summed E-state index contributed by atoms with van der Waals surface area (Å²) in [6.07, 6.45) is 2.89. The first-order chi connectivity index (χ1) is 16.2. The van der Waals surface area contributed by atoms with Crippen LogP contribution in [0.3, 0.4) is 0 Å². The number of hydrogen-bond acceptors (Lipinski definition) is 5. The molecule has 1 aromatic heterocycles. The molecule has 1 aliphatic rings. The van der Waals surface area contributed by atoms with E-state index < -0.39 is 0 Å². The van der Waals surface area contributed by atoms with E-state index in [0.29, 0.717) is 12.5 Å². The summed E-state index contributed by atoms with van der Waals surface area (Å²) in [4.78, 5) is 24.4. The Balaban J connectivity index is 1.66. The molecule has 0 spiro atoms. The minimum absolute atomic E-state index is 0.129. The van der Waals surface area contributed by atoms with Crippen LogP contribution in [-0.2, 0) is 10.2 Å². The number of amides is 1. The molecule has 1 amide bonds. The molecule has 4 rings (SSSR count). The van der Waals surface area contributed by atoms with Crippen molar-refractivity contribution in [3.8, 4) is 11.3 Å². The van der Waals surface area contributed by atoms with Crippen molar-refractivity contribution < 1.29 is 4.79 Å². The Bertz CT molecular complexity index is 1130. The minimum Gasteiger partial charge on any atom is -0.365 e. The van der Waals surface area contributed by atoms with Crippen LogP contribution >= 0.6 is 0 Å². The molecule has 0 aliphatic heterocycles. The molecular weight excluding hydrogens is 422 g/mol. The summed E-state index contributed by atoms with van der Waals surface area (Å²) in [7, 11) is 1.98. The van der Waals surface area contributed by atoms with Gasteiger partial charge < -0.3 is 15.5 Å². The summed E-state index contributed by atoms with van der Waals surface area (Å²) in [6.45, 7) is 8.97. The van der Waals surface area contributed by atoms with Crippen LogP contribution in [0.4, 0.5) is 17.5 Å². The Morgan fingerprint density at radius 1 is 1.03 bits per heavy atom. The molecule has 2 N–H and O–H groups in total. The number of nitrogens with one attached hydrogen (secondary N) is 2. The first-order valence-electron chi connectivity index (χ1n) is 12.1. The largest absolute Gasteiger partial charge is 0.365 e. The highest BCUT2D eigenvalue weighted by atomic mass is 16.2. The molecule has 0 radical (unpaired) electrons. The van der Waals surface area contributed by atoms with Crippen molar-refractivity contribution in [3.63, 3.8) is 0 Å². The lowest BCUT2D eigenvalue weighted by Gasteiger charge is -2.40. The summed E-state index contributed by atoms with van der Waals surface area (Å²) in [5.74, 6) is 1.53. The summed E-state index contributed by atoms with van der Waals surface area (Å²) >= 11 is 0. The number of hydrogen-bond donors (Lipinski definition) is 2. The van der Waals surface area contributed by atoms with Crippen molar-refractivity contribution >= 4 is 23.4 Å². The Hall–Kier alpha value is -3.41. The molecule has 1 aliphatic carbocycles. The number of likely N-dealkylation sites (N-methyl/N-ethyl adjacent to an activating group) is 1. The second-order valence-electron chi connectivity index (χ2n) is 10.1. The Labute approximate surface area is 202 Å². The molecule has 1 saturated carbocycles. The van der Waals surface area contributed by atoms with Crippen LogP contribution in [0.1, 0.15) is 52.5 Å². The van der Waals surface area contributed by atoms with E-state index in [2.05, 4.69) is 67.8 Å². The zero-order chi connectivity index (χ0) is 24.3. The van der Waals surface area contributed by atoms with Gasteiger partial charge in [0.2, 0.25) is 11.9 Å². The van der Waals surface area contributed by atoms with Crippen LogP contribution in [0.5, 0.6) is 0 Å². The summed E-state index contributed by atoms with van der Waals surface area (Å²) < 4.78 is 0. The van der Waals surface area contributed by atoms with Crippen molar-refractivity contribution in [1.82, 2.24) is 15.3 Å². The predicted molar refractivity (Wildman–Crippen MR) is 140 cm³/mol. The van der Waals surface area contributed by atoms with Gasteiger partial charge in [-0.05, 0) is 58.2 Å². The molecule has 6 heteroatoms. The predicted octanol–water partition coefficient (Wildman–Crippen LogP) is 5.68. The second-order valence-corrected chi connectivity index (χ2v) is 10.1. The van der Waals surface area contributed by atoms with Gasteiger partial charge in [0, 0.05) is 36.4 Å². The number of carbonyl (C=O) groups is 1. The summed E-state index contributed by atoms with van der Waals surface area (Å²) in [5, 5.41) is 6.50. The fourth-order valence-electron chi connectivity index (χ4n) is 4.42. The van der Waals surface area contributed by atoms with Gasteiger partial charge in [0.15, 0.2) is 0 Å². The number of carbonyl (C=O) groups excluding carboxylic acids is 1. The van der Waals surface area contributed by atoms with Crippen molar-refractivity contribution in [2.75, 3.05) is 23.8 Å². The van der Waals surface area contributed by atoms with Crippen LogP contribution in [0, 0.1) is 0 Å². The molecule has 0 unspecified atom stereocenters. The molecule has 6 nitrogen and oxygen atoms in total. The molecule has 1 fully saturated rings. The number of aromatic nitrogens is 2. The fourth-order valence-corrected chi connectivity index (χ4v) is 4.42. The lowest BCUT2D eigenvalue weighted by Crippen LogP contribution is -2.49. The highest BCUT2D eigenvalue weighted by Crippen LogP contribution is 2.44. The van der Waals surface area contributed by atoms with E-state index in [1.165, 1.54) is 0 Å². The van der Waals surface area contributed by atoms with Gasteiger partial charge in [0.05, 0.1) is 11.1 Å². The molecule has 2 aromatic carbocycles. The van der Waals surface area contributed by atoms with E-state index >= 15 is 0 Å². The Kier molecular flexibility index (Phi) is 6.60. The topological polar surface area (TPSA) is 70.2 Å². The van der Waals surface area contributed by atoms with Gasteiger partial charge in [-0.25, -0.2) is 4.98 Å². The third kappa shape index (κ3) is 4.91. The highest BCUT2D eigenvalue weighted by Gasteiger charge is 2.45. The molecule has 1 heterocycles. The zero-order valence-corrected chi connectivity index (χ0v) is 20.9. The van der Waals surface area contributed by atoms with Gasteiger partial charge in [-0.15, -0.1) is 0 Å². The van der Waals surface area contributed by atoms with Crippen molar-refractivity contribution in [2.24, 2.45) is 0 Å². The van der Waals surface area contributed by atoms with Crippen LogP contribution in [-0.4, -0.2) is 35.0 Å². The van der Waals surface area contributed by atoms with Crippen LogP contribution in [0.15, 0.2) is 60.7 Å². The average molecular weight is 458 g/mol. The normalized spacial score (nSPS) is 14.7. The highest BCUT2D eigenvalue weighted by molar-refractivity contribution is 5.89. The number of rotatable bonds is 7. The summed E-state index contributed by atoms with van der Waals surface area (Å²) in [5.41, 5.74) is 3.44. The first-order valence-corrected chi connectivity index (χ1v) is 12.1. The van der Waals surface area contributed by atoms with E-state index in [4.69, 9.17) is 9.97 Å². The first kappa shape index (κ1) is 23.7. The molecule has 3 aromatic rings. The second kappa shape index (κ2) is 9.45. The van der Waals surface area contributed by atoms with Crippen LogP contribution in [0.25, 0.3) is 11.3 Å². The monoisotopic (exact) mass is 457 g/mol. The van der Waals surface area contributed by atoms with Gasteiger partial charge in [0.1, 0.15) is 5.82 Å². The lowest BCUT2D eigenvalue weighted by molar-refractivity contribution is -0.129. The Morgan fingerprint density at radius 3 is 2.26 bits per heavy atom. The quantitative estimate of drug-likeness (QED) is 0.478. The third-order valence-corrected chi connectivity index (χ3v) is 6.37. The maximum Gasteiger partial charge on any atom is 0.232 e. The SMILES string of the molecule is CCNC(=O)C1(c2ccc(N(C)c3nc(NC(C)(C)C)cc(-c4ccccc4)n3)cc2)CCC1. The fraction of sp³-hybridized carbons (Fsp3) is 0.393. The number of nitrogens with zero attached hydrogens (tertiary/aromatic N) is 3. The van der Waals surface area contributed by atoms with Gasteiger partial charge in [-0.2, -0.15) is 4.98 Å². The van der Waals surface area contributed by atoms with E-state index in [-0.39, 0.29) is 16.9 Å². The average Bonchev–Trinajstić information content (AvgIpc) is 2.78. The van der Waals surface area contributed by atoms with Crippen molar-refractivity contribution in [2.45, 2.75) is 57.9 Å². The third-order valence-electron chi connectivity index (χ3n) is 6.37. The molecule has 34 heavy (non-hydrogen) atoms. The van der Waals surface area contributed by atoms with E-state index in [0.717, 1.165) is 47.6 Å². The molecular formula is C28H35N5O. The van der Waals surface area contributed by atoms with Crippen molar-refractivity contribution in [3.05, 3.63) is 66.2 Å². The van der Waals surface area contributed by atoms with Gasteiger partial charge >= 0.3 is 0 Å². The molecule has 178 valence electrons. The lowest BCUT2D eigenvalue weighted by atomic mass is 9.64. The van der Waals surface area contributed by atoms with Gasteiger partial charge in [-0.3, -0.25) is 4.79 Å². The van der Waals surface area contributed by atoms with Crippen LogP contribution in [0.2, 0.25) is 0 Å².